The van der Waals surface area contributed by atoms with Gasteiger partial charge in [-0.25, -0.2) is 0 Å². The molecule has 0 spiro atoms. The average molecular weight is 349 g/mol. The van der Waals surface area contributed by atoms with Gasteiger partial charge in [-0.1, -0.05) is 30.3 Å². The van der Waals surface area contributed by atoms with E-state index in [9.17, 15) is 4.79 Å². The number of benzene rings is 2. The van der Waals surface area contributed by atoms with Crippen LogP contribution in [0.5, 0.6) is 11.8 Å². The number of carbonyl (C=O) groups excluding carboxylic acids is 1. The van der Waals surface area contributed by atoms with Crippen molar-refractivity contribution >= 4 is 12.0 Å². The second-order valence-electron chi connectivity index (χ2n) is 5.37. The minimum Gasteiger partial charge on any atom is -0.497 e. The van der Waals surface area contributed by atoms with Crippen molar-refractivity contribution in [2.45, 2.75) is 6.92 Å². The van der Waals surface area contributed by atoms with Crippen LogP contribution in [0.4, 0.5) is 0 Å². The minimum atomic E-state index is -0.307. The van der Waals surface area contributed by atoms with Gasteiger partial charge in [0.15, 0.2) is 5.82 Å². The number of aromatic nitrogens is 3. The van der Waals surface area contributed by atoms with Gasteiger partial charge >= 0.3 is 6.01 Å². The molecule has 1 aromatic heterocycles. The van der Waals surface area contributed by atoms with Crippen molar-refractivity contribution < 1.29 is 14.3 Å². The van der Waals surface area contributed by atoms with Crippen molar-refractivity contribution in [2.75, 3.05) is 13.7 Å². The molecule has 0 aliphatic carbocycles. The van der Waals surface area contributed by atoms with E-state index in [0.29, 0.717) is 12.4 Å². The number of carbonyl (C=O) groups is 1. The molecule has 0 N–H and O–H groups in total. The molecule has 3 rings (SSSR count). The Morgan fingerprint density at radius 2 is 1.85 bits per heavy atom. The van der Waals surface area contributed by atoms with Crippen LogP contribution in [0.25, 0.3) is 17.5 Å². The highest BCUT2D eigenvalue weighted by atomic mass is 16.5. The van der Waals surface area contributed by atoms with Crippen molar-refractivity contribution in [2.24, 2.45) is 0 Å². The van der Waals surface area contributed by atoms with Crippen molar-refractivity contribution in [3.05, 3.63) is 66.2 Å². The maximum Gasteiger partial charge on any atom is 0.336 e. The molecule has 6 heteroatoms. The van der Waals surface area contributed by atoms with Gasteiger partial charge in [0, 0.05) is 11.6 Å². The van der Waals surface area contributed by atoms with Crippen molar-refractivity contribution in [3.8, 4) is 23.1 Å². The number of allylic oxidation sites excluding steroid dienone is 1. The number of methoxy groups -OCH3 is 1. The molecule has 6 nitrogen and oxygen atoms in total. The molecule has 0 amide bonds. The molecule has 0 fully saturated rings. The fourth-order valence-corrected chi connectivity index (χ4v) is 2.37. The van der Waals surface area contributed by atoms with Crippen LogP contribution in [0.1, 0.15) is 17.3 Å². The first-order valence-corrected chi connectivity index (χ1v) is 8.23. The largest absolute Gasteiger partial charge is 0.497 e. The van der Waals surface area contributed by atoms with E-state index in [2.05, 4.69) is 10.1 Å². The Balaban J connectivity index is 1.93. The van der Waals surface area contributed by atoms with Gasteiger partial charge in [0.1, 0.15) is 5.75 Å². The normalized spacial score (nSPS) is 10.8. The van der Waals surface area contributed by atoms with Gasteiger partial charge in [-0.15, -0.1) is 5.10 Å². The Kier molecular flexibility index (Phi) is 5.43. The molecular weight excluding hydrogens is 330 g/mol. The summed E-state index contributed by atoms with van der Waals surface area (Å²) in [6.45, 7) is 2.25. The van der Waals surface area contributed by atoms with E-state index in [1.807, 2.05) is 49.4 Å². The molecule has 0 radical (unpaired) electrons. The molecule has 0 bridgehead atoms. The minimum absolute atomic E-state index is 0.166. The molecule has 0 saturated carbocycles. The summed E-state index contributed by atoms with van der Waals surface area (Å²) in [5.74, 6) is 0.831. The van der Waals surface area contributed by atoms with Gasteiger partial charge in [0.05, 0.1) is 13.7 Å². The highest BCUT2D eigenvalue weighted by molar-refractivity contribution is 5.95. The maximum absolute atomic E-state index is 12.6. The van der Waals surface area contributed by atoms with Crippen LogP contribution >= 0.6 is 0 Å². The first-order chi connectivity index (χ1) is 12.7. The third-order valence-corrected chi connectivity index (χ3v) is 3.64. The summed E-state index contributed by atoms with van der Waals surface area (Å²) in [6.07, 6.45) is 3.20. The molecule has 132 valence electrons. The van der Waals surface area contributed by atoms with Crippen molar-refractivity contribution in [1.82, 2.24) is 14.8 Å². The maximum atomic E-state index is 12.6. The predicted molar refractivity (Wildman–Crippen MR) is 99.3 cm³/mol. The van der Waals surface area contributed by atoms with Gasteiger partial charge < -0.3 is 9.47 Å². The topological polar surface area (TPSA) is 66.2 Å². The standard InChI is InChI=1S/C20H19N3O3/c1-3-26-20-21-19(16-10-12-17(25-2)13-11-16)23(22-20)18(24)14-9-15-7-5-4-6-8-15/h4-14H,3H2,1-2H3/b14-9+. The second-order valence-corrected chi connectivity index (χ2v) is 5.37. The summed E-state index contributed by atoms with van der Waals surface area (Å²) < 4.78 is 11.8. The molecule has 3 aromatic rings. The van der Waals surface area contributed by atoms with Crippen LogP contribution in [0.15, 0.2) is 60.7 Å². The molecule has 0 aliphatic rings. The monoisotopic (exact) mass is 349 g/mol. The summed E-state index contributed by atoms with van der Waals surface area (Å²) in [5.41, 5.74) is 1.67. The fourth-order valence-electron chi connectivity index (χ4n) is 2.37. The van der Waals surface area contributed by atoms with Crippen LogP contribution in [0, 0.1) is 0 Å². The number of rotatable bonds is 6. The summed E-state index contributed by atoms with van der Waals surface area (Å²) in [4.78, 5) is 17.0. The third-order valence-electron chi connectivity index (χ3n) is 3.64. The third kappa shape index (κ3) is 3.97. The molecule has 0 saturated heterocycles. The van der Waals surface area contributed by atoms with Gasteiger partial charge in [-0.05, 0) is 42.8 Å². The Hall–Kier alpha value is -3.41. The summed E-state index contributed by atoms with van der Waals surface area (Å²) in [5, 5.41) is 4.18. The fraction of sp³-hybridized carbons (Fsp3) is 0.150. The SMILES string of the molecule is CCOc1nc(-c2ccc(OC)cc2)n(C(=O)/C=C/c2ccccc2)n1. The summed E-state index contributed by atoms with van der Waals surface area (Å²) >= 11 is 0. The lowest BCUT2D eigenvalue weighted by Crippen LogP contribution is -2.11. The molecule has 0 atom stereocenters. The quantitative estimate of drug-likeness (QED) is 0.635. The molecule has 1 heterocycles. The lowest BCUT2D eigenvalue weighted by molar-refractivity contribution is 0.0955. The zero-order chi connectivity index (χ0) is 18.4. The van der Waals surface area contributed by atoms with E-state index >= 15 is 0 Å². The Bertz CT molecular complexity index is 900. The highest BCUT2D eigenvalue weighted by Crippen LogP contribution is 2.23. The van der Waals surface area contributed by atoms with Crippen LogP contribution in [-0.4, -0.2) is 34.4 Å². The zero-order valence-electron chi connectivity index (χ0n) is 14.6. The van der Waals surface area contributed by atoms with Gasteiger partial charge in [0.25, 0.3) is 5.91 Å². The first kappa shape index (κ1) is 17.4. The van der Waals surface area contributed by atoms with E-state index in [4.69, 9.17) is 9.47 Å². The number of hydrogen-bond donors (Lipinski definition) is 0. The Morgan fingerprint density at radius 3 is 2.50 bits per heavy atom. The van der Waals surface area contributed by atoms with E-state index in [1.165, 1.54) is 10.8 Å². The zero-order valence-corrected chi connectivity index (χ0v) is 14.6. The molecule has 2 aromatic carbocycles. The van der Waals surface area contributed by atoms with Crippen LogP contribution in [-0.2, 0) is 0 Å². The average Bonchev–Trinajstić information content (AvgIpc) is 3.11. The second kappa shape index (κ2) is 8.11. The molecular formula is C20H19N3O3. The van der Waals surface area contributed by atoms with Crippen molar-refractivity contribution in [3.63, 3.8) is 0 Å². The van der Waals surface area contributed by atoms with Crippen LogP contribution in [0.2, 0.25) is 0 Å². The predicted octanol–water partition coefficient (Wildman–Crippen LogP) is 3.71. The summed E-state index contributed by atoms with van der Waals surface area (Å²) in [7, 11) is 1.60. The van der Waals surface area contributed by atoms with E-state index < -0.39 is 0 Å². The van der Waals surface area contributed by atoms with E-state index in [-0.39, 0.29) is 11.9 Å². The highest BCUT2D eigenvalue weighted by Gasteiger charge is 2.17. The lowest BCUT2D eigenvalue weighted by atomic mass is 10.2. The number of nitrogens with zero attached hydrogens (tertiary/aromatic N) is 3. The first-order valence-electron chi connectivity index (χ1n) is 8.23. The Morgan fingerprint density at radius 1 is 1.12 bits per heavy atom. The van der Waals surface area contributed by atoms with E-state index in [0.717, 1.165) is 16.9 Å². The lowest BCUT2D eigenvalue weighted by Gasteiger charge is -2.03. The Labute approximate surface area is 151 Å². The molecule has 26 heavy (non-hydrogen) atoms. The van der Waals surface area contributed by atoms with Crippen LogP contribution in [0.3, 0.4) is 0 Å². The molecule has 0 unspecified atom stereocenters. The van der Waals surface area contributed by atoms with Gasteiger partial charge in [-0.2, -0.15) is 9.67 Å². The molecule has 0 aliphatic heterocycles. The van der Waals surface area contributed by atoms with Gasteiger partial charge in [-0.3, -0.25) is 4.79 Å². The van der Waals surface area contributed by atoms with E-state index in [1.54, 1.807) is 25.3 Å². The van der Waals surface area contributed by atoms with Crippen molar-refractivity contribution in [1.29, 1.82) is 0 Å². The smallest absolute Gasteiger partial charge is 0.336 e. The number of hydrogen-bond acceptors (Lipinski definition) is 5. The number of ether oxygens (including phenoxy) is 2. The summed E-state index contributed by atoms with van der Waals surface area (Å²) in [6, 6.07) is 17.0. The van der Waals surface area contributed by atoms with Gasteiger partial charge in [0.2, 0.25) is 0 Å². The van der Waals surface area contributed by atoms with Crippen LogP contribution < -0.4 is 9.47 Å².